The van der Waals surface area contributed by atoms with Crippen LogP contribution >= 0.6 is 0 Å². The lowest BCUT2D eigenvalue weighted by atomic mass is 10.1. The second kappa shape index (κ2) is 5.70. The highest BCUT2D eigenvalue weighted by molar-refractivity contribution is 5.90. The summed E-state index contributed by atoms with van der Waals surface area (Å²) in [6.07, 6.45) is 3.23. The van der Waals surface area contributed by atoms with Crippen LogP contribution < -0.4 is 5.32 Å². The molecule has 0 aliphatic carbocycles. The summed E-state index contributed by atoms with van der Waals surface area (Å²) in [7, 11) is 1.34. The molecule has 0 heterocycles. The summed E-state index contributed by atoms with van der Waals surface area (Å²) < 4.78 is 4.60. The Morgan fingerprint density at radius 3 is 2.75 bits per heavy atom. The third-order valence-corrected chi connectivity index (χ3v) is 1.87. The Morgan fingerprint density at radius 1 is 1.38 bits per heavy atom. The zero-order valence-electron chi connectivity index (χ0n) is 9.19. The molecule has 0 aromatic heterocycles. The Labute approximate surface area is 93.9 Å². The van der Waals surface area contributed by atoms with E-state index in [0.717, 1.165) is 5.56 Å². The number of ether oxygens (including phenoxy) is 1. The second-order valence-corrected chi connectivity index (χ2v) is 3.15. The fraction of sp³-hybridized carbons (Fsp3) is 0.167. The number of rotatable bonds is 3. The highest BCUT2D eigenvalue weighted by atomic mass is 16.5. The van der Waals surface area contributed by atoms with Crippen LogP contribution in [0, 0.1) is 0 Å². The zero-order valence-corrected chi connectivity index (χ0v) is 9.19. The molecule has 0 radical (unpaired) electrons. The highest BCUT2D eigenvalue weighted by Gasteiger charge is 2.03. The quantitative estimate of drug-likeness (QED) is 0.785. The predicted molar refractivity (Wildman–Crippen MR) is 60.6 cm³/mol. The van der Waals surface area contributed by atoms with Crippen LogP contribution in [0.4, 0.5) is 0 Å². The molecule has 0 atom stereocenters. The molecule has 0 saturated carbocycles. The minimum Gasteiger partial charge on any atom is -0.465 e. The van der Waals surface area contributed by atoms with E-state index in [1.54, 1.807) is 24.3 Å². The minimum atomic E-state index is -0.380. The summed E-state index contributed by atoms with van der Waals surface area (Å²) in [6.45, 7) is 1.43. The van der Waals surface area contributed by atoms with Gasteiger partial charge in [0.1, 0.15) is 0 Å². The van der Waals surface area contributed by atoms with Crippen LogP contribution in [-0.4, -0.2) is 19.0 Å². The first-order valence-electron chi connectivity index (χ1n) is 4.75. The van der Waals surface area contributed by atoms with Gasteiger partial charge >= 0.3 is 5.97 Å². The molecule has 0 spiro atoms. The normalized spacial score (nSPS) is 10.1. The van der Waals surface area contributed by atoms with Crippen LogP contribution in [-0.2, 0) is 9.53 Å². The standard InChI is InChI=1S/C12H13NO3/c1-9(14)13-7-6-10-4-3-5-11(8-10)12(15)16-2/h3-8H,1-2H3,(H,13,14)/b7-6+. The lowest BCUT2D eigenvalue weighted by Gasteiger charge is -2.00. The van der Waals surface area contributed by atoms with Crippen molar-refractivity contribution in [3.05, 3.63) is 41.6 Å². The van der Waals surface area contributed by atoms with Gasteiger partial charge in [-0.25, -0.2) is 4.79 Å². The average molecular weight is 219 g/mol. The lowest BCUT2D eigenvalue weighted by molar-refractivity contribution is -0.118. The predicted octanol–water partition coefficient (Wildman–Crippen LogP) is 1.58. The first-order chi connectivity index (χ1) is 7.63. The molecular formula is C12H13NO3. The summed E-state index contributed by atoms with van der Waals surface area (Å²) in [5.74, 6) is -0.518. The molecule has 4 heteroatoms. The van der Waals surface area contributed by atoms with Crippen molar-refractivity contribution in [2.75, 3.05) is 7.11 Å². The monoisotopic (exact) mass is 219 g/mol. The third-order valence-electron chi connectivity index (χ3n) is 1.87. The molecule has 0 unspecified atom stereocenters. The van der Waals surface area contributed by atoms with Gasteiger partial charge < -0.3 is 10.1 Å². The molecule has 1 aromatic rings. The SMILES string of the molecule is COC(=O)c1cccc(/C=C/NC(C)=O)c1. The Morgan fingerprint density at radius 2 is 2.12 bits per heavy atom. The highest BCUT2D eigenvalue weighted by Crippen LogP contribution is 2.07. The largest absolute Gasteiger partial charge is 0.465 e. The smallest absolute Gasteiger partial charge is 0.337 e. The number of hydrogen-bond acceptors (Lipinski definition) is 3. The van der Waals surface area contributed by atoms with Gasteiger partial charge in [-0.15, -0.1) is 0 Å². The van der Waals surface area contributed by atoms with Gasteiger partial charge in [0, 0.05) is 13.1 Å². The van der Waals surface area contributed by atoms with E-state index in [4.69, 9.17) is 0 Å². The second-order valence-electron chi connectivity index (χ2n) is 3.15. The third kappa shape index (κ3) is 3.57. The Kier molecular flexibility index (Phi) is 4.27. The Balaban J connectivity index is 2.78. The molecule has 84 valence electrons. The van der Waals surface area contributed by atoms with Crippen molar-refractivity contribution < 1.29 is 14.3 Å². The molecule has 16 heavy (non-hydrogen) atoms. The van der Waals surface area contributed by atoms with Crippen LogP contribution in [0.5, 0.6) is 0 Å². The molecule has 0 bridgehead atoms. The van der Waals surface area contributed by atoms with Crippen molar-refractivity contribution in [2.24, 2.45) is 0 Å². The van der Waals surface area contributed by atoms with Gasteiger partial charge in [-0.2, -0.15) is 0 Å². The molecule has 0 aliphatic rings. The van der Waals surface area contributed by atoms with Crippen molar-refractivity contribution in [3.63, 3.8) is 0 Å². The van der Waals surface area contributed by atoms with Gasteiger partial charge in [-0.3, -0.25) is 4.79 Å². The van der Waals surface area contributed by atoms with Gasteiger partial charge in [0.15, 0.2) is 0 Å². The van der Waals surface area contributed by atoms with E-state index in [2.05, 4.69) is 10.1 Å². The number of carbonyl (C=O) groups excluding carboxylic acids is 2. The van der Waals surface area contributed by atoms with E-state index in [1.807, 2.05) is 6.07 Å². The number of esters is 1. The summed E-state index contributed by atoms with van der Waals surface area (Å²) in [5, 5.41) is 2.52. The molecule has 0 aliphatic heterocycles. The van der Waals surface area contributed by atoms with Gasteiger partial charge in [-0.05, 0) is 23.8 Å². The van der Waals surface area contributed by atoms with Crippen LogP contribution in [0.25, 0.3) is 6.08 Å². The molecule has 1 aromatic carbocycles. The molecule has 1 N–H and O–H groups in total. The average Bonchev–Trinajstić information content (AvgIpc) is 2.28. The molecule has 0 saturated heterocycles. The fourth-order valence-electron chi connectivity index (χ4n) is 1.14. The van der Waals surface area contributed by atoms with Gasteiger partial charge in [-0.1, -0.05) is 12.1 Å². The van der Waals surface area contributed by atoms with E-state index in [9.17, 15) is 9.59 Å². The van der Waals surface area contributed by atoms with Crippen LogP contribution in [0.1, 0.15) is 22.8 Å². The van der Waals surface area contributed by atoms with Crippen molar-refractivity contribution in [1.29, 1.82) is 0 Å². The molecule has 1 amide bonds. The summed E-state index contributed by atoms with van der Waals surface area (Å²) in [5.41, 5.74) is 1.30. The van der Waals surface area contributed by atoms with E-state index >= 15 is 0 Å². The van der Waals surface area contributed by atoms with E-state index in [0.29, 0.717) is 5.56 Å². The van der Waals surface area contributed by atoms with E-state index < -0.39 is 0 Å². The summed E-state index contributed by atoms with van der Waals surface area (Å²) in [4.78, 5) is 21.9. The van der Waals surface area contributed by atoms with E-state index in [1.165, 1.54) is 20.2 Å². The summed E-state index contributed by atoms with van der Waals surface area (Å²) in [6, 6.07) is 6.93. The van der Waals surface area contributed by atoms with Crippen molar-refractivity contribution in [2.45, 2.75) is 6.92 Å². The maximum atomic E-state index is 11.2. The van der Waals surface area contributed by atoms with Crippen molar-refractivity contribution in [1.82, 2.24) is 5.32 Å². The minimum absolute atomic E-state index is 0.139. The molecule has 1 rings (SSSR count). The number of amides is 1. The van der Waals surface area contributed by atoms with Crippen molar-refractivity contribution in [3.8, 4) is 0 Å². The topological polar surface area (TPSA) is 55.4 Å². The molecular weight excluding hydrogens is 206 g/mol. The first-order valence-corrected chi connectivity index (χ1v) is 4.75. The Bertz CT molecular complexity index is 424. The van der Waals surface area contributed by atoms with Crippen LogP contribution in [0.3, 0.4) is 0 Å². The number of carbonyl (C=O) groups is 2. The Hall–Kier alpha value is -2.10. The molecule has 4 nitrogen and oxygen atoms in total. The number of methoxy groups -OCH3 is 1. The first kappa shape index (κ1) is 12.0. The fourth-order valence-corrected chi connectivity index (χ4v) is 1.14. The number of nitrogens with one attached hydrogen (secondary N) is 1. The van der Waals surface area contributed by atoms with Gasteiger partial charge in [0.25, 0.3) is 0 Å². The van der Waals surface area contributed by atoms with Crippen LogP contribution in [0.15, 0.2) is 30.5 Å². The van der Waals surface area contributed by atoms with Gasteiger partial charge in [0.05, 0.1) is 12.7 Å². The summed E-state index contributed by atoms with van der Waals surface area (Å²) >= 11 is 0. The van der Waals surface area contributed by atoms with Gasteiger partial charge in [0.2, 0.25) is 5.91 Å². The number of benzene rings is 1. The maximum Gasteiger partial charge on any atom is 0.337 e. The zero-order chi connectivity index (χ0) is 12.0. The van der Waals surface area contributed by atoms with E-state index in [-0.39, 0.29) is 11.9 Å². The molecule has 0 fully saturated rings. The lowest BCUT2D eigenvalue weighted by Crippen LogP contribution is -2.11. The van der Waals surface area contributed by atoms with Crippen LogP contribution in [0.2, 0.25) is 0 Å². The maximum absolute atomic E-state index is 11.2. The van der Waals surface area contributed by atoms with Crippen molar-refractivity contribution >= 4 is 18.0 Å². The number of hydrogen-bond donors (Lipinski definition) is 1.